The number of hydrogen-bond donors (Lipinski definition) is 0. The summed E-state index contributed by atoms with van der Waals surface area (Å²) in [5.74, 6) is 1.39. The molecule has 6 nitrogen and oxygen atoms in total. The van der Waals surface area contributed by atoms with Gasteiger partial charge in [0.1, 0.15) is 0 Å². The molecule has 8 heterocycles. The number of benzene rings is 17. The largest absolute Gasteiger partial charge is 0.309 e. The topological polar surface area (TPSA) is 58.0 Å². The molecule has 2 aliphatic heterocycles. The van der Waals surface area contributed by atoms with E-state index in [2.05, 4.69) is 337 Å². The van der Waals surface area contributed by atoms with Crippen LogP contribution in [0.15, 0.2) is 328 Å². The lowest BCUT2D eigenvalue weighted by atomic mass is 9.86. The third kappa shape index (κ3) is 8.89. The normalized spacial score (nSPS) is 12.7. The van der Waals surface area contributed by atoms with Crippen molar-refractivity contribution in [2.24, 2.45) is 0 Å². The molecule has 25 rings (SSSR count). The van der Waals surface area contributed by atoms with Gasteiger partial charge in [0, 0.05) is 127 Å². The number of thiophene rings is 4. The Labute approximate surface area is 645 Å². The molecule has 10 heteroatoms. The summed E-state index contributed by atoms with van der Waals surface area (Å²) < 4.78 is 9.56. The third-order valence-corrected chi connectivity index (χ3v) is 27.6. The van der Waals surface area contributed by atoms with E-state index < -0.39 is 0 Å². The van der Waals surface area contributed by atoms with Gasteiger partial charge in [0.2, 0.25) is 0 Å². The summed E-state index contributed by atoms with van der Waals surface area (Å²) in [6.07, 6.45) is 0. The molecular formula is C100H54N6S4. The van der Waals surface area contributed by atoms with E-state index in [1.54, 1.807) is 22.7 Å². The second-order valence-electron chi connectivity index (χ2n) is 29.1. The molecule has 17 aromatic carbocycles. The van der Waals surface area contributed by atoms with Gasteiger partial charge in [-0.05, 0) is 146 Å². The number of fused-ring (bicyclic) bond motifs is 21. The number of aromatic nitrogens is 4. The van der Waals surface area contributed by atoms with Crippen LogP contribution in [0.3, 0.4) is 0 Å². The van der Waals surface area contributed by atoms with Gasteiger partial charge in [0.15, 0.2) is 11.6 Å². The monoisotopic (exact) mass is 1470 g/mol. The van der Waals surface area contributed by atoms with Crippen LogP contribution in [0.25, 0.3) is 213 Å². The van der Waals surface area contributed by atoms with Crippen LogP contribution in [-0.2, 0) is 0 Å². The molecule has 0 atom stereocenters. The summed E-state index contributed by atoms with van der Waals surface area (Å²) in [6, 6.07) is 121. The number of nitrogens with zero attached hydrogens (tertiary/aromatic N) is 6. The van der Waals surface area contributed by atoms with Crippen molar-refractivity contribution in [2.75, 3.05) is 9.80 Å². The first-order valence-corrected chi connectivity index (χ1v) is 40.4. The first kappa shape index (κ1) is 60.8. The summed E-state index contributed by atoms with van der Waals surface area (Å²) >= 11 is 7.25. The molecule has 0 spiro atoms. The zero-order valence-electron chi connectivity index (χ0n) is 58.5. The molecule has 0 unspecified atom stereocenters. The molecule has 6 aromatic heterocycles. The molecule has 0 amide bonds. The van der Waals surface area contributed by atoms with E-state index in [-0.39, 0.29) is 0 Å². The summed E-state index contributed by atoms with van der Waals surface area (Å²) in [5, 5.41) is 19.1. The van der Waals surface area contributed by atoms with Gasteiger partial charge in [-0.15, -0.1) is 45.3 Å². The van der Waals surface area contributed by atoms with E-state index in [1.165, 1.54) is 132 Å². The molecule has 23 aromatic rings. The number of hydrogen-bond acceptors (Lipinski definition) is 10. The fourth-order valence-electron chi connectivity index (χ4n) is 18.1. The predicted octanol–water partition coefficient (Wildman–Crippen LogP) is 29.7. The van der Waals surface area contributed by atoms with Gasteiger partial charge < -0.3 is 9.80 Å². The van der Waals surface area contributed by atoms with Crippen LogP contribution in [0.1, 0.15) is 0 Å². The van der Waals surface area contributed by atoms with Crippen LogP contribution < -0.4 is 9.80 Å². The minimum absolute atomic E-state index is 0.696. The third-order valence-electron chi connectivity index (χ3n) is 23.0. The fourth-order valence-corrected chi connectivity index (χ4v) is 22.7. The maximum atomic E-state index is 5.80. The Bertz CT molecular complexity index is 8030. The first-order chi connectivity index (χ1) is 54.5. The highest BCUT2D eigenvalue weighted by Crippen LogP contribution is 2.58. The van der Waals surface area contributed by atoms with E-state index >= 15 is 0 Å². The highest BCUT2D eigenvalue weighted by atomic mass is 32.1. The van der Waals surface area contributed by atoms with Crippen molar-refractivity contribution in [3.8, 4) is 78.7 Å². The van der Waals surface area contributed by atoms with E-state index in [4.69, 9.17) is 19.9 Å². The van der Waals surface area contributed by atoms with Crippen molar-refractivity contribution in [3.63, 3.8) is 0 Å². The van der Waals surface area contributed by atoms with Gasteiger partial charge in [-0.25, -0.2) is 19.9 Å². The van der Waals surface area contributed by atoms with Gasteiger partial charge >= 0.3 is 0 Å². The van der Waals surface area contributed by atoms with Gasteiger partial charge in [-0.1, -0.05) is 237 Å². The van der Waals surface area contributed by atoms with Gasteiger partial charge in [0.05, 0.1) is 54.6 Å². The molecule has 0 N–H and O–H groups in total. The lowest BCUT2D eigenvalue weighted by Gasteiger charge is -2.35. The standard InChI is InChI=1S/C100H54N6S4/c1-5-26-68-55(17-1)37-44-74-73-31-14-20-57-21-15-32-81(89(57)73)106(95(68)74)66-48-59-19-3-4-25-67(59)80(54-66)100-102-92(98-94(104-100)77-30-9-12-36-85(77)110-98)62-40-43-72-71-42-39-58(52-87(71)108-88(72)53-62)64-47-60-22-16-33-82-90(60)79(51-64)75-45-38-56-18-2-6-27-69(56)96(75)105(82)65-24-13-23-63(49-65)99-101-91(97-93(103-99)76-29-8-11-35-84(76)109-97)61-41-46-86-78(50-61)70-28-7-10-34-83(70)107-86/h1-54H. The molecular weight excluding hydrogens is 1410 g/mol. The lowest BCUT2D eigenvalue weighted by Crippen LogP contribution is -2.16. The van der Waals surface area contributed by atoms with Crippen molar-refractivity contribution in [3.05, 3.63) is 328 Å². The fraction of sp³-hybridized carbons (Fsp3) is 0. The molecule has 0 aliphatic carbocycles. The summed E-state index contributed by atoms with van der Waals surface area (Å²) in [4.78, 5) is 27.6. The molecule has 0 saturated heterocycles. The summed E-state index contributed by atoms with van der Waals surface area (Å²) in [6.45, 7) is 0. The lowest BCUT2D eigenvalue weighted by molar-refractivity contribution is 1.23. The predicted molar refractivity (Wildman–Crippen MR) is 471 cm³/mol. The molecule has 110 heavy (non-hydrogen) atoms. The van der Waals surface area contributed by atoms with Crippen LogP contribution in [0.4, 0.5) is 34.1 Å². The maximum Gasteiger partial charge on any atom is 0.161 e. The maximum absolute atomic E-state index is 5.80. The van der Waals surface area contributed by atoms with E-state index in [0.29, 0.717) is 11.6 Å². The summed E-state index contributed by atoms with van der Waals surface area (Å²) in [5.41, 5.74) is 21.8. The Hall–Kier alpha value is -13.3. The van der Waals surface area contributed by atoms with Crippen molar-refractivity contribution in [2.45, 2.75) is 0 Å². The van der Waals surface area contributed by atoms with Crippen LogP contribution >= 0.6 is 45.3 Å². The van der Waals surface area contributed by atoms with Gasteiger partial charge in [0.25, 0.3) is 0 Å². The van der Waals surface area contributed by atoms with Crippen molar-refractivity contribution in [1.29, 1.82) is 0 Å². The summed E-state index contributed by atoms with van der Waals surface area (Å²) in [7, 11) is 0. The zero-order chi connectivity index (χ0) is 71.6. The Morgan fingerprint density at radius 3 is 1.43 bits per heavy atom. The SMILES string of the molecule is c1cc(-c2nc(-c3ccc4sc5ccccc5c4c3)c3sc4ccccc4c3n2)cc(N2c3c(ccc4ccccc34)-c3cc(-c4ccc5c(c4)sc4cc(-c6nc(-c7cc(N8c9c(ccc%10ccccc9%10)-c9cccc%10cccc8c9%10)cc8ccccc78)nc7c6sc6ccccc67)ccc45)cc4cccc2c34)c1. The highest BCUT2D eigenvalue weighted by molar-refractivity contribution is 7.27. The van der Waals surface area contributed by atoms with Crippen LogP contribution in [0.2, 0.25) is 0 Å². The van der Waals surface area contributed by atoms with E-state index in [9.17, 15) is 0 Å². The van der Waals surface area contributed by atoms with Crippen LogP contribution in [-0.4, -0.2) is 19.9 Å². The number of anilines is 6. The van der Waals surface area contributed by atoms with Crippen LogP contribution in [0, 0.1) is 0 Å². The Morgan fingerprint density at radius 2 is 0.718 bits per heavy atom. The quantitative estimate of drug-likeness (QED) is 0.158. The smallest absolute Gasteiger partial charge is 0.161 e. The average Bonchev–Trinajstić information content (AvgIpc) is 1.32. The Morgan fingerprint density at radius 1 is 0.218 bits per heavy atom. The molecule has 2 aliphatic rings. The number of rotatable bonds is 7. The Balaban J connectivity index is 0.613. The second kappa shape index (κ2) is 23.1. The highest BCUT2D eigenvalue weighted by Gasteiger charge is 2.32. The van der Waals surface area contributed by atoms with E-state index in [0.717, 1.165) is 104 Å². The average molecular weight is 1470 g/mol. The Kier molecular flexibility index (Phi) is 12.8. The van der Waals surface area contributed by atoms with E-state index in [1.807, 2.05) is 22.7 Å². The first-order valence-electron chi connectivity index (χ1n) is 37.1. The minimum Gasteiger partial charge on any atom is -0.309 e. The molecule has 508 valence electrons. The van der Waals surface area contributed by atoms with Crippen molar-refractivity contribution in [1.82, 2.24) is 19.9 Å². The molecule has 0 fully saturated rings. The molecule has 0 saturated carbocycles. The zero-order valence-corrected chi connectivity index (χ0v) is 61.8. The minimum atomic E-state index is 0.696. The molecule has 0 bridgehead atoms. The van der Waals surface area contributed by atoms with Crippen molar-refractivity contribution < 1.29 is 0 Å². The second-order valence-corrected chi connectivity index (χ2v) is 33.3. The van der Waals surface area contributed by atoms with Gasteiger partial charge in [-0.3, -0.25) is 0 Å². The van der Waals surface area contributed by atoms with Crippen LogP contribution in [0.5, 0.6) is 0 Å². The van der Waals surface area contributed by atoms with Crippen molar-refractivity contribution >= 4 is 214 Å². The molecule has 0 radical (unpaired) electrons. The van der Waals surface area contributed by atoms with Gasteiger partial charge in [-0.2, -0.15) is 0 Å².